The molecule has 0 aliphatic rings. The summed E-state index contributed by atoms with van der Waals surface area (Å²) >= 11 is 5.15. The van der Waals surface area contributed by atoms with Gasteiger partial charge < -0.3 is 5.32 Å². The molecule has 0 atom stereocenters. The maximum atomic E-state index is 12.1. The molecule has 0 saturated heterocycles. The van der Waals surface area contributed by atoms with E-state index < -0.39 is 0 Å². The van der Waals surface area contributed by atoms with Gasteiger partial charge in [0, 0.05) is 11.3 Å². The molecule has 1 amide bonds. The van der Waals surface area contributed by atoms with Crippen LogP contribution in [0.25, 0.3) is 0 Å². The quantitative estimate of drug-likeness (QED) is 0.830. The van der Waals surface area contributed by atoms with Crippen molar-refractivity contribution in [2.45, 2.75) is 13.8 Å². The van der Waals surface area contributed by atoms with E-state index in [1.54, 1.807) is 6.07 Å². The number of nitrogens with one attached hydrogen (secondary N) is 2. The zero-order valence-corrected chi connectivity index (χ0v) is 12.3. The molecule has 0 aliphatic heterocycles. The molecule has 2 aromatic rings. The van der Waals surface area contributed by atoms with Crippen molar-refractivity contribution in [3.63, 3.8) is 0 Å². The molecule has 0 heterocycles. The minimum absolute atomic E-state index is 0.201. The summed E-state index contributed by atoms with van der Waals surface area (Å²) in [6.45, 7) is 3.91. The van der Waals surface area contributed by atoms with Crippen molar-refractivity contribution in [2.75, 3.05) is 5.32 Å². The van der Waals surface area contributed by atoms with Crippen LogP contribution in [0.3, 0.4) is 0 Å². The van der Waals surface area contributed by atoms with Crippen LogP contribution in [-0.2, 0) is 0 Å². The summed E-state index contributed by atoms with van der Waals surface area (Å²) < 4.78 is 0. The Morgan fingerprint density at radius 1 is 1.00 bits per heavy atom. The van der Waals surface area contributed by atoms with Crippen LogP contribution in [0.15, 0.2) is 48.5 Å². The summed E-state index contributed by atoms with van der Waals surface area (Å²) in [6.07, 6.45) is 0. The first-order valence-electron chi connectivity index (χ1n) is 6.31. The van der Waals surface area contributed by atoms with E-state index in [1.165, 1.54) is 5.56 Å². The van der Waals surface area contributed by atoms with Crippen molar-refractivity contribution in [3.8, 4) is 0 Å². The van der Waals surface area contributed by atoms with Crippen LogP contribution < -0.4 is 10.6 Å². The Bertz CT molecular complexity index is 635. The number of rotatable bonds is 2. The molecular weight excluding hydrogens is 268 g/mol. The number of thiocarbonyl (C=S) groups is 1. The second kappa shape index (κ2) is 6.30. The highest BCUT2D eigenvalue weighted by Crippen LogP contribution is 2.09. The summed E-state index contributed by atoms with van der Waals surface area (Å²) in [5.74, 6) is -0.201. The highest BCUT2D eigenvalue weighted by atomic mass is 32.1. The lowest BCUT2D eigenvalue weighted by Crippen LogP contribution is -2.34. The molecule has 102 valence electrons. The van der Waals surface area contributed by atoms with Crippen molar-refractivity contribution >= 4 is 28.9 Å². The van der Waals surface area contributed by atoms with Crippen LogP contribution >= 0.6 is 12.2 Å². The summed E-state index contributed by atoms with van der Waals surface area (Å²) in [5, 5.41) is 5.96. The number of amides is 1. The fourth-order valence-electron chi connectivity index (χ4n) is 1.80. The van der Waals surface area contributed by atoms with E-state index in [4.69, 9.17) is 12.2 Å². The number of hydrogen-bond donors (Lipinski definition) is 2. The molecule has 0 aromatic heterocycles. The number of benzene rings is 2. The van der Waals surface area contributed by atoms with E-state index in [2.05, 4.69) is 10.6 Å². The Labute approximate surface area is 124 Å². The molecule has 0 radical (unpaired) electrons. The summed E-state index contributed by atoms with van der Waals surface area (Å²) in [7, 11) is 0. The van der Waals surface area contributed by atoms with Gasteiger partial charge in [0.2, 0.25) is 0 Å². The number of carbonyl (C=O) groups is 1. The molecule has 0 unspecified atom stereocenters. The first kappa shape index (κ1) is 14.2. The maximum Gasteiger partial charge on any atom is 0.257 e. The number of aryl methyl sites for hydroxylation is 2. The van der Waals surface area contributed by atoms with E-state index in [0.29, 0.717) is 10.7 Å². The monoisotopic (exact) mass is 284 g/mol. The normalized spacial score (nSPS) is 9.90. The average Bonchev–Trinajstić information content (AvgIpc) is 2.41. The van der Waals surface area contributed by atoms with Gasteiger partial charge in [-0.25, -0.2) is 0 Å². The molecule has 20 heavy (non-hydrogen) atoms. The van der Waals surface area contributed by atoms with Gasteiger partial charge in [0.25, 0.3) is 5.91 Å². The standard InChI is InChI=1S/C16H16N2OS/c1-11-7-9-13(10-8-11)17-16(20)18-15(19)14-6-4-3-5-12(14)2/h3-10H,1-2H3,(H2,17,18,19,20). The average molecular weight is 284 g/mol. The fourth-order valence-corrected chi connectivity index (χ4v) is 2.01. The maximum absolute atomic E-state index is 12.1. The smallest absolute Gasteiger partial charge is 0.257 e. The molecule has 0 aliphatic carbocycles. The summed E-state index contributed by atoms with van der Waals surface area (Å²) in [4.78, 5) is 12.1. The van der Waals surface area contributed by atoms with Crippen molar-refractivity contribution in [2.24, 2.45) is 0 Å². The van der Waals surface area contributed by atoms with Gasteiger partial charge in [0.1, 0.15) is 0 Å². The molecule has 2 aromatic carbocycles. The first-order valence-corrected chi connectivity index (χ1v) is 6.72. The Hall–Kier alpha value is -2.20. The van der Waals surface area contributed by atoms with Gasteiger partial charge in [-0.15, -0.1) is 0 Å². The van der Waals surface area contributed by atoms with Crippen LogP contribution in [0.4, 0.5) is 5.69 Å². The third-order valence-electron chi connectivity index (χ3n) is 2.93. The third kappa shape index (κ3) is 3.65. The van der Waals surface area contributed by atoms with Gasteiger partial charge in [0.15, 0.2) is 5.11 Å². The van der Waals surface area contributed by atoms with Crippen molar-refractivity contribution in [3.05, 3.63) is 65.2 Å². The minimum atomic E-state index is -0.201. The molecule has 0 bridgehead atoms. The summed E-state index contributed by atoms with van der Waals surface area (Å²) in [6, 6.07) is 15.2. The van der Waals surface area contributed by atoms with Crippen LogP contribution in [0.1, 0.15) is 21.5 Å². The molecule has 3 nitrogen and oxygen atoms in total. The molecule has 4 heteroatoms. The lowest BCUT2D eigenvalue weighted by Gasteiger charge is -2.10. The third-order valence-corrected chi connectivity index (χ3v) is 3.13. The van der Waals surface area contributed by atoms with Crippen LogP contribution in [0, 0.1) is 13.8 Å². The Morgan fingerprint density at radius 3 is 2.30 bits per heavy atom. The number of hydrogen-bond acceptors (Lipinski definition) is 2. The van der Waals surface area contributed by atoms with Gasteiger partial charge in [-0.1, -0.05) is 35.9 Å². The van der Waals surface area contributed by atoms with Crippen LogP contribution in [-0.4, -0.2) is 11.0 Å². The van der Waals surface area contributed by atoms with Crippen molar-refractivity contribution < 1.29 is 4.79 Å². The molecule has 0 fully saturated rings. The first-order chi connectivity index (χ1) is 9.56. The van der Waals surface area contributed by atoms with Gasteiger partial charge in [0.05, 0.1) is 0 Å². The molecular formula is C16H16N2OS. The number of carbonyl (C=O) groups excluding carboxylic acids is 1. The lowest BCUT2D eigenvalue weighted by molar-refractivity contribution is 0.0977. The van der Waals surface area contributed by atoms with Crippen molar-refractivity contribution in [1.82, 2.24) is 5.32 Å². The topological polar surface area (TPSA) is 41.1 Å². The fraction of sp³-hybridized carbons (Fsp3) is 0.125. The van der Waals surface area contributed by atoms with E-state index in [9.17, 15) is 4.79 Å². The second-order valence-corrected chi connectivity index (χ2v) is 5.00. The Kier molecular flexibility index (Phi) is 4.48. The largest absolute Gasteiger partial charge is 0.332 e. The van der Waals surface area contributed by atoms with Gasteiger partial charge in [-0.3, -0.25) is 10.1 Å². The van der Waals surface area contributed by atoms with Gasteiger partial charge >= 0.3 is 0 Å². The Morgan fingerprint density at radius 2 is 1.65 bits per heavy atom. The molecule has 0 saturated carbocycles. The minimum Gasteiger partial charge on any atom is -0.332 e. The zero-order valence-electron chi connectivity index (χ0n) is 11.4. The highest BCUT2D eigenvalue weighted by molar-refractivity contribution is 7.80. The highest BCUT2D eigenvalue weighted by Gasteiger charge is 2.09. The Balaban J connectivity index is 2.00. The zero-order chi connectivity index (χ0) is 14.5. The SMILES string of the molecule is Cc1ccc(NC(=S)NC(=O)c2ccccc2C)cc1. The summed E-state index contributed by atoms with van der Waals surface area (Å²) in [5.41, 5.74) is 3.57. The lowest BCUT2D eigenvalue weighted by atomic mass is 10.1. The van der Waals surface area contributed by atoms with E-state index in [-0.39, 0.29) is 5.91 Å². The molecule has 0 spiro atoms. The van der Waals surface area contributed by atoms with E-state index >= 15 is 0 Å². The van der Waals surface area contributed by atoms with Gasteiger partial charge in [-0.2, -0.15) is 0 Å². The molecule has 2 N–H and O–H groups in total. The van der Waals surface area contributed by atoms with Crippen LogP contribution in [0.5, 0.6) is 0 Å². The predicted molar refractivity (Wildman–Crippen MR) is 86.0 cm³/mol. The van der Waals surface area contributed by atoms with Gasteiger partial charge in [-0.05, 0) is 49.8 Å². The van der Waals surface area contributed by atoms with E-state index in [0.717, 1.165) is 11.3 Å². The van der Waals surface area contributed by atoms with Crippen LogP contribution in [0.2, 0.25) is 0 Å². The molecule has 2 rings (SSSR count). The number of anilines is 1. The van der Waals surface area contributed by atoms with E-state index in [1.807, 2.05) is 56.3 Å². The van der Waals surface area contributed by atoms with Crippen molar-refractivity contribution in [1.29, 1.82) is 0 Å². The second-order valence-electron chi connectivity index (χ2n) is 4.59. The predicted octanol–water partition coefficient (Wildman–Crippen LogP) is 3.43.